The lowest BCUT2D eigenvalue weighted by Gasteiger charge is -2.40. The van der Waals surface area contributed by atoms with Crippen molar-refractivity contribution in [3.8, 4) is 11.5 Å². The van der Waals surface area contributed by atoms with E-state index in [0.717, 1.165) is 17.9 Å². The second kappa shape index (κ2) is 9.57. The number of hydrogen-bond acceptors (Lipinski definition) is 5. The largest absolute Gasteiger partial charge is 0.497 e. The Morgan fingerprint density at radius 1 is 0.964 bits per heavy atom. The van der Waals surface area contributed by atoms with Gasteiger partial charge in [0.1, 0.15) is 11.5 Å². The molecule has 7 heteroatoms. The van der Waals surface area contributed by atoms with Crippen molar-refractivity contribution in [1.29, 1.82) is 0 Å². The van der Waals surface area contributed by atoms with Crippen molar-refractivity contribution in [2.75, 3.05) is 41.0 Å². The van der Waals surface area contributed by atoms with Gasteiger partial charge in [0.15, 0.2) is 0 Å². The summed E-state index contributed by atoms with van der Waals surface area (Å²) in [5.41, 5.74) is 1.27. The SMILES string of the molecule is COc1ccc(OCC2CN(P(=O)(OC)OC)CCC2c2ccccc2)cc1. The highest BCUT2D eigenvalue weighted by atomic mass is 31.2. The second-order valence-electron chi connectivity index (χ2n) is 6.80. The molecule has 0 N–H and O–H groups in total. The lowest BCUT2D eigenvalue weighted by Crippen LogP contribution is -2.40. The first-order chi connectivity index (χ1) is 13.6. The lowest BCUT2D eigenvalue weighted by molar-refractivity contribution is 0.125. The van der Waals surface area contributed by atoms with E-state index in [4.69, 9.17) is 18.5 Å². The predicted molar refractivity (Wildman–Crippen MR) is 109 cm³/mol. The fourth-order valence-corrected chi connectivity index (χ4v) is 5.11. The Hall–Kier alpha value is -1.85. The molecule has 1 heterocycles. The monoisotopic (exact) mass is 405 g/mol. The van der Waals surface area contributed by atoms with Gasteiger partial charge in [-0.15, -0.1) is 0 Å². The van der Waals surface area contributed by atoms with E-state index >= 15 is 0 Å². The molecular weight excluding hydrogens is 377 g/mol. The number of rotatable bonds is 8. The number of benzene rings is 2. The van der Waals surface area contributed by atoms with Gasteiger partial charge in [0, 0.05) is 33.2 Å². The second-order valence-corrected chi connectivity index (χ2v) is 9.03. The number of piperidine rings is 1. The standard InChI is InChI=1S/C21H28NO5P/c1-24-19-9-11-20(12-10-19)27-16-18-15-22(28(23,25-2)26-3)14-13-21(18)17-7-5-4-6-8-17/h4-12,18,21H,13-16H2,1-3H3. The molecule has 0 bridgehead atoms. The molecule has 0 radical (unpaired) electrons. The van der Waals surface area contributed by atoms with Crippen LogP contribution in [0.3, 0.4) is 0 Å². The molecule has 2 aromatic carbocycles. The summed E-state index contributed by atoms with van der Waals surface area (Å²) in [6.07, 6.45) is 0.858. The highest BCUT2D eigenvalue weighted by Crippen LogP contribution is 2.53. The molecule has 0 saturated carbocycles. The van der Waals surface area contributed by atoms with Crippen molar-refractivity contribution in [2.24, 2.45) is 5.92 Å². The highest BCUT2D eigenvalue weighted by molar-refractivity contribution is 7.51. The van der Waals surface area contributed by atoms with Crippen molar-refractivity contribution in [2.45, 2.75) is 12.3 Å². The van der Waals surface area contributed by atoms with Crippen molar-refractivity contribution in [1.82, 2.24) is 4.67 Å². The van der Waals surface area contributed by atoms with Crippen LogP contribution in [0.2, 0.25) is 0 Å². The van der Waals surface area contributed by atoms with E-state index in [1.165, 1.54) is 19.8 Å². The van der Waals surface area contributed by atoms with Crippen LogP contribution in [0.25, 0.3) is 0 Å². The molecule has 0 aromatic heterocycles. The molecule has 0 spiro atoms. The van der Waals surface area contributed by atoms with Gasteiger partial charge in [-0.1, -0.05) is 30.3 Å². The summed E-state index contributed by atoms with van der Waals surface area (Å²) in [4.78, 5) is 0. The van der Waals surface area contributed by atoms with Gasteiger partial charge < -0.3 is 9.47 Å². The van der Waals surface area contributed by atoms with Crippen LogP contribution in [0.4, 0.5) is 0 Å². The van der Waals surface area contributed by atoms with E-state index in [9.17, 15) is 4.57 Å². The van der Waals surface area contributed by atoms with E-state index in [1.807, 2.05) is 35.0 Å². The van der Waals surface area contributed by atoms with Crippen molar-refractivity contribution in [3.63, 3.8) is 0 Å². The summed E-state index contributed by atoms with van der Waals surface area (Å²) in [5.74, 6) is 2.04. The Labute approximate surface area is 167 Å². The summed E-state index contributed by atoms with van der Waals surface area (Å²) in [6.45, 7) is 1.74. The van der Waals surface area contributed by atoms with Gasteiger partial charge in [-0.2, -0.15) is 0 Å². The topological polar surface area (TPSA) is 57.2 Å². The normalized spacial score (nSPS) is 20.7. The summed E-state index contributed by atoms with van der Waals surface area (Å²) >= 11 is 0. The Morgan fingerprint density at radius 3 is 2.21 bits per heavy atom. The first kappa shape index (κ1) is 20.9. The predicted octanol–water partition coefficient (Wildman–Crippen LogP) is 4.58. The molecule has 2 unspecified atom stereocenters. The molecule has 3 rings (SSSR count). The summed E-state index contributed by atoms with van der Waals surface area (Å²) in [7, 11) is 1.24. The third-order valence-electron chi connectivity index (χ3n) is 5.27. The van der Waals surface area contributed by atoms with Crippen LogP contribution in [0.5, 0.6) is 11.5 Å². The average Bonchev–Trinajstić information content (AvgIpc) is 2.78. The smallest absolute Gasteiger partial charge is 0.407 e. The summed E-state index contributed by atoms with van der Waals surface area (Å²) in [5, 5.41) is 0. The Balaban J connectivity index is 1.76. The Bertz CT molecular complexity index is 775. The lowest BCUT2D eigenvalue weighted by atomic mass is 9.81. The van der Waals surface area contributed by atoms with Gasteiger partial charge in [0.2, 0.25) is 0 Å². The van der Waals surface area contributed by atoms with Crippen LogP contribution in [0.1, 0.15) is 17.9 Å². The van der Waals surface area contributed by atoms with Crippen LogP contribution in [0, 0.1) is 5.92 Å². The number of nitrogens with zero attached hydrogens (tertiary/aromatic N) is 1. The maximum Gasteiger partial charge on any atom is 0.407 e. The molecule has 152 valence electrons. The van der Waals surface area contributed by atoms with Gasteiger partial charge in [-0.05, 0) is 42.2 Å². The quantitative estimate of drug-likeness (QED) is 0.599. The molecule has 1 aliphatic rings. The molecule has 2 atom stereocenters. The van der Waals surface area contributed by atoms with E-state index in [2.05, 4.69) is 24.3 Å². The molecule has 0 amide bonds. The van der Waals surface area contributed by atoms with Gasteiger partial charge >= 0.3 is 7.75 Å². The fourth-order valence-electron chi connectivity index (χ4n) is 3.72. The van der Waals surface area contributed by atoms with Crippen LogP contribution in [0.15, 0.2) is 54.6 Å². The van der Waals surface area contributed by atoms with Crippen LogP contribution in [-0.2, 0) is 13.6 Å². The Morgan fingerprint density at radius 2 is 1.61 bits per heavy atom. The van der Waals surface area contributed by atoms with Gasteiger partial charge in [-0.25, -0.2) is 9.24 Å². The van der Waals surface area contributed by atoms with Gasteiger partial charge in [0.25, 0.3) is 0 Å². The van der Waals surface area contributed by atoms with Crippen LogP contribution in [-0.4, -0.2) is 45.7 Å². The molecule has 1 aliphatic heterocycles. The average molecular weight is 405 g/mol. The third-order valence-corrected chi connectivity index (χ3v) is 7.25. The maximum atomic E-state index is 12.9. The highest BCUT2D eigenvalue weighted by Gasteiger charge is 2.40. The molecule has 0 aliphatic carbocycles. The maximum absolute atomic E-state index is 12.9. The Kier molecular flexibility index (Phi) is 7.13. The zero-order chi connectivity index (χ0) is 20.0. The zero-order valence-corrected chi connectivity index (χ0v) is 17.5. The van der Waals surface area contributed by atoms with Gasteiger partial charge in [-0.3, -0.25) is 9.05 Å². The molecule has 6 nitrogen and oxygen atoms in total. The minimum atomic E-state index is -3.26. The van der Waals surface area contributed by atoms with E-state index in [1.54, 1.807) is 7.11 Å². The molecule has 1 saturated heterocycles. The van der Waals surface area contributed by atoms with Crippen molar-refractivity contribution >= 4 is 7.75 Å². The molecule has 1 fully saturated rings. The minimum absolute atomic E-state index is 0.150. The van der Waals surface area contributed by atoms with E-state index in [-0.39, 0.29) is 5.92 Å². The molecular formula is C21H28NO5P. The zero-order valence-electron chi connectivity index (χ0n) is 16.6. The number of hydrogen-bond donors (Lipinski definition) is 0. The van der Waals surface area contributed by atoms with Crippen molar-refractivity contribution < 1.29 is 23.1 Å². The minimum Gasteiger partial charge on any atom is -0.497 e. The number of methoxy groups -OCH3 is 1. The summed E-state index contributed by atoms with van der Waals surface area (Å²) in [6, 6.07) is 18.0. The van der Waals surface area contributed by atoms with Gasteiger partial charge in [0.05, 0.1) is 13.7 Å². The summed E-state index contributed by atoms with van der Waals surface area (Å²) < 4.78 is 36.4. The van der Waals surface area contributed by atoms with Crippen molar-refractivity contribution in [3.05, 3.63) is 60.2 Å². The van der Waals surface area contributed by atoms with Crippen LogP contribution < -0.4 is 9.47 Å². The van der Waals surface area contributed by atoms with E-state index < -0.39 is 7.75 Å². The third kappa shape index (κ3) is 4.76. The molecule has 2 aromatic rings. The fraction of sp³-hybridized carbons (Fsp3) is 0.429. The number of ether oxygens (including phenoxy) is 2. The van der Waals surface area contributed by atoms with Crippen LogP contribution >= 0.6 is 7.75 Å². The van der Waals surface area contributed by atoms with E-state index in [0.29, 0.717) is 25.6 Å². The first-order valence-electron chi connectivity index (χ1n) is 9.38. The molecule has 28 heavy (non-hydrogen) atoms. The first-order valence-corrected chi connectivity index (χ1v) is 10.9.